The topological polar surface area (TPSA) is 99.5 Å². The second kappa shape index (κ2) is 9.20. The Morgan fingerprint density at radius 3 is 2.65 bits per heavy atom. The van der Waals surface area contributed by atoms with E-state index in [4.69, 9.17) is 10.00 Å². The highest BCUT2D eigenvalue weighted by molar-refractivity contribution is 5.92. The third-order valence-corrected chi connectivity index (χ3v) is 3.00. The Bertz CT molecular complexity index is 622. The molecule has 0 spiro atoms. The summed E-state index contributed by atoms with van der Waals surface area (Å²) in [5.74, 6) is -1.41. The monoisotopic (exact) mass is 317 g/mol. The van der Waals surface area contributed by atoms with Gasteiger partial charge in [0, 0.05) is 13.1 Å². The molecule has 1 N–H and O–H groups in total. The van der Waals surface area contributed by atoms with Crippen LogP contribution >= 0.6 is 0 Å². The number of ether oxygens (including phenoxy) is 1. The highest BCUT2D eigenvalue weighted by Crippen LogP contribution is 2.06. The van der Waals surface area contributed by atoms with E-state index < -0.39 is 18.5 Å². The molecule has 7 heteroatoms. The molecule has 0 atom stereocenters. The van der Waals surface area contributed by atoms with Crippen molar-refractivity contribution in [3.05, 3.63) is 35.4 Å². The molecule has 1 aromatic carbocycles. The maximum Gasteiger partial charge on any atom is 0.338 e. The summed E-state index contributed by atoms with van der Waals surface area (Å²) in [6.07, 6.45) is 0. The summed E-state index contributed by atoms with van der Waals surface area (Å²) < 4.78 is 4.94. The highest BCUT2D eigenvalue weighted by atomic mass is 16.5. The van der Waals surface area contributed by atoms with Crippen LogP contribution in [0.25, 0.3) is 0 Å². The Balaban J connectivity index is 2.58. The first kappa shape index (κ1) is 18.2. The van der Waals surface area contributed by atoms with Crippen molar-refractivity contribution in [1.82, 2.24) is 10.2 Å². The average molecular weight is 317 g/mol. The molecule has 0 saturated heterocycles. The van der Waals surface area contributed by atoms with Crippen molar-refractivity contribution in [2.45, 2.75) is 13.8 Å². The van der Waals surface area contributed by atoms with Crippen LogP contribution in [0.1, 0.15) is 29.8 Å². The maximum absolute atomic E-state index is 12.0. The molecule has 0 radical (unpaired) electrons. The molecule has 0 bridgehead atoms. The van der Waals surface area contributed by atoms with Crippen molar-refractivity contribution >= 4 is 17.8 Å². The lowest BCUT2D eigenvalue weighted by atomic mass is 10.1. The third kappa shape index (κ3) is 5.79. The number of esters is 1. The van der Waals surface area contributed by atoms with Crippen LogP contribution in [0.5, 0.6) is 0 Å². The van der Waals surface area contributed by atoms with Crippen LogP contribution in [0.3, 0.4) is 0 Å². The summed E-state index contributed by atoms with van der Waals surface area (Å²) in [6.45, 7) is 3.79. The minimum atomic E-state index is -0.690. The van der Waals surface area contributed by atoms with E-state index in [0.29, 0.717) is 18.7 Å². The molecular formula is C16H19N3O4. The van der Waals surface area contributed by atoms with Crippen molar-refractivity contribution in [3.8, 4) is 6.07 Å². The molecule has 1 rings (SSSR count). The fraction of sp³-hybridized carbons (Fsp3) is 0.375. The van der Waals surface area contributed by atoms with Gasteiger partial charge in [-0.25, -0.2) is 4.79 Å². The van der Waals surface area contributed by atoms with Gasteiger partial charge in [-0.2, -0.15) is 5.26 Å². The zero-order valence-electron chi connectivity index (χ0n) is 13.2. The molecule has 0 heterocycles. The van der Waals surface area contributed by atoms with Gasteiger partial charge in [-0.05, 0) is 32.0 Å². The Morgan fingerprint density at radius 2 is 2.04 bits per heavy atom. The van der Waals surface area contributed by atoms with Gasteiger partial charge in [-0.15, -0.1) is 0 Å². The number of carbonyl (C=O) groups excluding carboxylic acids is 3. The first-order valence-electron chi connectivity index (χ1n) is 7.23. The summed E-state index contributed by atoms with van der Waals surface area (Å²) in [5.41, 5.74) is 0.529. The average Bonchev–Trinajstić information content (AvgIpc) is 2.57. The van der Waals surface area contributed by atoms with E-state index >= 15 is 0 Å². The fourth-order valence-electron chi connectivity index (χ4n) is 1.82. The maximum atomic E-state index is 12.0. The molecule has 0 aliphatic rings. The standard InChI is InChI=1S/C16H19N3O4/c1-3-18-14(20)10-19(4-2)15(21)11-23-16(22)13-7-5-6-12(8-13)9-17/h5-8H,3-4,10-11H2,1-2H3,(H,18,20). The number of hydrogen-bond acceptors (Lipinski definition) is 5. The van der Waals surface area contributed by atoms with E-state index in [1.807, 2.05) is 6.07 Å². The minimum absolute atomic E-state index is 0.0787. The van der Waals surface area contributed by atoms with Crippen molar-refractivity contribution in [2.75, 3.05) is 26.2 Å². The number of hydrogen-bond donors (Lipinski definition) is 1. The van der Waals surface area contributed by atoms with E-state index in [2.05, 4.69) is 5.32 Å². The van der Waals surface area contributed by atoms with E-state index in [1.165, 1.54) is 17.0 Å². The van der Waals surface area contributed by atoms with Crippen molar-refractivity contribution in [2.24, 2.45) is 0 Å². The van der Waals surface area contributed by atoms with Crippen molar-refractivity contribution < 1.29 is 19.1 Å². The predicted molar refractivity (Wildman–Crippen MR) is 82.4 cm³/mol. The summed E-state index contributed by atoms with van der Waals surface area (Å²) in [6, 6.07) is 7.93. The quantitative estimate of drug-likeness (QED) is 0.746. The van der Waals surface area contributed by atoms with Crippen molar-refractivity contribution in [1.29, 1.82) is 5.26 Å². The van der Waals surface area contributed by atoms with Gasteiger partial charge in [0.1, 0.15) is 0 Å². The normalized spacial score (nSPS) is 9.61. The second-order valence-corrected chi connectivity index (χ2v) is 4.63. The van der Waals surface area contributed by atoms with E-state index in [0.717, 1.165) is 0 Å². The Hall–Kier alpha value is -2.88. The molecule has 2 amide bonds. The minimum Gasteiger partial charge on any atom is -0.452 e. The van der Waals surface area contributed by atoms with Crippen LogP contribution in [0, 0.1) is 11.3 Å². The summed E-state index contributed by atoms with van der Waals surface area (Å²) in [7, 11) is 0. The van der Waals surface area contributed by atoms with Crippen LogP contribution in [-0.2, 0) is 14.3 Å². The van der Waals surface area contributed by atoms with Gasteiger partial charge in [0.25, 0.3) is 5.91 Å². The molecule has 1 aromatic rings. The van der Waals surface area contributed by atoms with Gasteiger partial charge in [0.05, 0.1) is 23.7 Å². The predicted octanol–water partition coefficient (Wildman–Crippen LogP) is 0.700. The van der Waals surface area contributed by atoms with Gasteiger partial charge in [0.15, 0.2) is 6.61 Å². The van der Waals surface area contributed by atoms with Gasteiger partial charge < -0.3 is 15.0 Å². The number of amides is 2. The van der Waals surface area contributed by atoms with E-state index in [1.54, 1.807) is 26.0 Å². The zero-order chi connectivity index (χ0) is 17.2. The molecule has 0 aliphatic carbocycles. The first-order valence-corrected chi connectivity index (χ1v) is 7.23. The lowest BCUT2D eigenvalue weighted by Crippen LogP contribution is -2.42. The Morgan fingerprint density at radius 1 is 1.30 bits per heavy atom. The van der Waals surface area contributed by atoms with Crippen molar-refractivity contribution in [3.63, 3.8) is 0 Å². The smallest absolute Gasteiger partial charge is 0.338 e. The number of rotatable bonds is 7. The molecule has 0 aromatic heterocycles. The zero-order valence-corrected chi connectivity index (χ0v) is 13.2. The summed E-state index contributed by atoms with van der Waals surface area (Å²) >= 11 is 0. The number of nitrogens with one attached hydrogen (secondary N) is 1. The highest BCUT2D eigenvalue weighted by Gasteiger charge is 2.17. The molecule has 0 fully saturated rings. The number of nitrogens with zero attached hydrogens (tertiary/aromatic N) is 2. The van der Waals surface area contributed by atoms with Gasteiger partial charge >= 0.3 is 5.97 Å². The molecule has 0 saturated carbocycles. The van der Waals surface area contributed by atoms with Crippen LogP contribution in [-0.4, -0.2) is 48.9 Å². The lowest BCUT2D eigenvalue weighted by molar-refractivity contribution is -0.138. The largest absolute Gasteiger partial charge is 0.452 e. The molecule has 122 valence electrons. The molecule has 23 heavy (non-hydrogen) atoms. The van der Waals surface area contributed by atoms with Crippen LogP contribution in [0.15, 0.2) is 24.3 Å². The SMILES string of the molecule is CCNC(=O)CN(CC)C(=O)COC(=O)c1cccc(C#N)c1. The second-order valence-electron chi connectivity index (χ2n) is 4.63. The Labute approximate surface area is 134 Å². The van der Waals surface area contributed by atoms with Crippen LogP contribution in [0.4, 0.5) is 0 Å². The van der Waals surface area contributed by atoms with Gasteiger partial charge in [-0.1, -0.05) is 6.07 Å². The number of likely N-dealkylation sites (N-methyl/N-ethyl adjacent to an activating group) is 2. The first-order chi connectivity index (χ1) is 11.0. The summed E-state index contributed by atoms with van der Waals surface area (Å²) in [5, 5.41) is 11.4. The van der Waals surface area contributed by atoms with Crippen LogP contribution < -0.4 is 5.32 Å². The molecular weight excluding hydrogens is 298 g/mol. The fourth-order valence-corrected chi connectivity index (χ4v) is 1.82. The van der Waals surface area contributed by atoms with Crippen LogP contribution in [0.2, 0.25) is 0 Å². The van der Waals surface area contributed by atoms with Gasteiger partial charge in [0.2, 0.25) is 5.91 Å². The third-order valence-electron chi connectivity index (χ3n) is 3.00. The van der Waals surface area contributed by atoms with Gasteiger partial charge in [-0.3, -0.25) is 9.59 Å². The summed E-state index contributed by atoms with van der Waals surface area (Å²) in [4.78, 5) is 36.7. The Kier molecular flexibility index (Phi) is 7.27. The molecule has 7 nitrogen and oxygen atoms in total. The number of benzene rings is 1. The molecule has 0 unspecified atom stereocenters. The molecule has 0 aliphatic heterocycles. The number of nitriles is 1. The lowest BCUT2D eigenvalue weighted by Gasteiger charge is -2.20. The van der Waals surface area contributed by atoms with E-state index in [-0.39, 0.29) is 18.0 Å². The number of carbonyl (C=O) groups is 3. The van der Waals surface area contributed by atoms with E-state index in [9.17, 15) is 14.4 Å².